The fourth-order valence-electron chi connectivity index (χ4n) is 5.01. The van der Waals surface area contributed by atoms with Crippen LogP contribution in [0.15, 0.2) is 42.6 Å². The molecule has 3 aromatic rings. The molecule has 2 aromatic heterocycles. The van der Waals surface area contributed by atoms with Crippen LogP contribution in [0.1, 0.15) is 25.3 Å². The van der Waals surface area contributed by atoms with Gasteiger partial charge in [-0.2, -0.15) is 4.98 Å². The molecule has 0 spiro atoms. The van der Waals surface area contributed by atoms with Crippen LogP contribution in [-0.2, 0) is 6.54 Å². The smallest absolute Gasteiger partial charge is 0.228 e. The van der Waals surface area contributed by atoms with Gasteiger partial charge in [-0.3, -0.25) is 0 Å². The Balaban J connectivity index is 1.37. The summed E-state index contributed by atoms with van der Waals surface area (Å²) in [7, 11) is 4.07. The van der Waals surface area contributed by atoms with Gasteiger partial charge in [0.2, 0.25) is 5.95 Å². The second kappa shape index (κ2) is 10.6. The summed E-state index contributed by atoms with van der Waals surface area (Å²) < 4.78 is 13.6. The van der Waals surface area contributed by atoms with Crippen molar-refractivity contribution >= 4 is 29.2 Å². The van der Waals surface area contributed by atoms with Crippen molar-refractivity contribution < 1.29 is 4.39 Å². The third-order valence-corrected chi connectivity index (χ3v) is 7.21. The lowest BCUT2D eigenvalue weighted by molar-refractivity contribution is 0.402. The minimum Gasteiger partial charge on any atom is -0.353 e. The number of anilines is 3. The van der Waals surface area contributed by atoms with E-state index in [0.717, 1.165) is 86.5 Å². The van der Waals surface area contributed by atoms with Gasteiger partial charge < -0.3 is 19.6 Å². The van der Waals surface area contributed by atoms with Crippen LogP contribution in [-0.4, -0.2) is 72.7 Å². The van der Waals surface area contributed by atoms with E-state index in [-0.39, 0.29) is 5.82 Å². The first-order valence-corrected chi connectivity index (χ1v) is 13.0. The Kier molecular flexibility index (Phi) is 7.25. The molecule has 1 unspecified atom stereocenters. The Labute approximate surface area is 217 Å². The maximum Gasteiger partial charge on any atom is 0.228 e. The number of pyridine rings is 1. The van der Waals surface area contributed by atoms with Crippen LogP contribution < -0.4 is 14.7 Å². The number of hydrogen-bond acceptors (Lipinski definition) is 7. The standard InChI is InChI=1S/C27H33ClFN7/c1-19-5-4-10-36(19)27-31-24(21-6-8-22(29)9-7-21)16-25(32-27)34-11-13-35(14-12-34)26-23(28)15-20(17-30-26)18-33(2)3/h6-9,15-17,19H,4-5,10-14,18H2,1-3H3. The van der Waals surface area contributed by atoms with Gasteiger partial charge in [-0.1, -0.05) is 11.6 Å². The summed E-state index contributed by atoms with van der Waals surface area (Å²) in [6.45, 7) is 7.17. The van der Waals surface area contributed by atoms with Crippen LogP contribution in [0.4, 0.5) is 22.0 Å². The van der Waals surface area contributed by atoms with Crippen molar-refractivity contribution in [2.45, 2.75) is 32.4 Å². The number of piperazine rings is 1. The van der Waals surface area contributed by atoms with Gasteiger partial charge in [0, 0.05) is 63.1 Å². The van der Waals surface area contributed by atoms with E-state index in [4.69, 9.17) is 21.6 Å². The maximum atomic E-state index is 13.6. The fourth-order valence-corrected chi connectivity index (χ4v) is 5.32. The molecule has 0 amide bonds. The topological polar surface area (TPSA) is 51.6 Å². The third kappa shape index (κ3) is 5.39. The van der Waals surface area contributed by atoms with E-state index in [2.05, 4.69) is 31.5 Å². The molecule has 36 heavy (non-hydrogen) atoms. The SMILES string of the molecule is CC1CCCN1c1nc(-c2ccc(F)cc2)cc(N2CCN(c3ncc(CN(C)C)cc3Cl)CC2)n1. The quantitative estimate of drug-likeness (QED) is 0.477. The molecule has 190 valence electrons. The molecule has 1 atom stereocenters. The van der Waals surface area contributed by atoms with Crippen molar-refractivity contribution in [1.29, 1.82) is 0 Å². The van der Waals surface area contributed by atoms with Gasteiger partial charge in [-0.15, -0.1) is 0 Å². The summed E-state index contributed by atoms with van der Waals surface area (Å²) >= 11 is 6.62. The molecule has 2 fully saturated rings. The number of halogens is 2. The van der Waals surface area contributed by atoms with Crippen molar-refractivity contribution in [3.8, 4) is 11.3 Å². The largest absolute Gasteiger partial charge is 0.353 e. The molecule has 5 rings (SSSR count). The normalized spacial score (nSPS) is 18.4. The highest BCUT2D eigenvalue weighted by molar-refractivity contribution is 6.33. The first kappa shape index (κ1) is 24.7. The third-order valence-electron chi connectivity index (χ3n) is 6.93. The lowest BCUT2D eigenvalue weighted by atomic mass is 10.1. The van der Waals surface area contributed by atoms with Gasteiger partial charge in [-0.05, 0) is 69.8 Å². The molecule has 7 nitrogen and oxygen atoms in total. The summed E-state index contributed by atoms with van der Waals surface area (Å²) in [6, 6.07) is 11.0. The predicted molar refractivity (Wildman–Crippen MR) is 145 cm³/mol. The van der Waals surface area contributed by atoms with E-state index >= 15 is 0 Å². The molecule has 0 aliphatic carbocycles. The molecule has 0 radical (unpaired) electrons. The monoisotopic (exact) mass is 509 g/mol. The van der Waals surface area contributed by atoms with Crippen molar-refractivity contribution in [2.75, 3.05) is 61.5 Å². The Morgan fingerprint density at radius 1 is 1.00 bits per heavy atom. The fraction of sp³-hybridized carbons (Fsp3) is 0.444. The lowest BCUT2D eigenvalue weighted by Gasteiger charge is -2.37. The average Bonchev–Trinajstić information content (AvgIpc) is 3.30. The minimum absolute atomic E-state index is 0.250. The van der Waals surface area contributed by atoms with Gasteiger partial charge in [-0.25, -0.2) is 14.4 Å². The lowest BCUT2D eigenvalue weighted by Crippen LogP contribution is -2.47. The summed E-state index contributed by atoms with van der Waals surface area (Å²) in [5.74, 6) is 2.23. The first-order valence-electron chi connectivity index (χ1n) is 12.6. The van der Waals surface area contributed by atoms with Crippen LogP contribution in [0.3, 0.4) is 0 Å². The van der Waals surface area contributed by atoms with Gasteiger partial charge >= 0.3 is 0 Å². The molecule has 1 aromatic carbocycles. The van der Waals surface area contributed by atoms with Gasteiger partial charge in [0.1, 0.15) is 17.5 Å². The van der Waals surface area contributed by atoms with E-state index in [0.29, 0.717) is 11.1 Å². The highest BCUT2D eigenvalue weighted by Crippen LogP contribution is 2.31. The first-order chi connectivity index (χ1) is 17.4. The van der Waals surface area contributed by atoms with Crippen LogP contribution >= 0.6 is 11.6 Å². The van der Waals surface area contributed by atoms with Crippen molar-refractivity contribution in [1.82, 2.24) is 19.9 Å². The molecule has 4 heterocycles. The summed E-state index contributed by atoms with van der Waals surface area (Å²) in [6.07, 6.45) is 4.19. The predicted octanol–water partition coefficient (Wildman–Crippen LogP) is 4.71. The second-order valence-corrected chi connectivity index (χ2v) is 10.4. The zero-order valence-corrected chi connectivity index (χ0v) is 21.9. The zero-order valence-electron chi connectivity index (χ0n) is 21.2. The van der Waals surface area contributed by atoms with Crippen LogP contribution in [0.5, 0.6) is 0 Å². The van der Waals surface area contributed by atoms with Gasteiger partial charge in [0.15, 0.2) is 0 Å². The molecule has 0 bridgehead atoms. The van der Waals surface area contributed by atoms with E-state index in [1.165, 1.54) is 12.1 Å². The highest BCUT2D eigenvalue weighted by atomic mass is 35.5. The van der Waals surface area contributed by atoms with Crippen molar-refractivity contribution in [3.63, 3.8) is 0 Å². The number of rotatable bonds is 6. The summed E-state index contributed by atoms with van der Waals surface area (Å²) in [4.78, 5) is 23.5. The number of aromatic nitrogens is 3. The van der Waals surface area contributed by atoms with E-state index in [1.54, 1.807) is 12.1 Å². The molecule has 0 saturated carbocycles. The van der Waals surface area contributed by atoms with E-state index in [9.17, 15) is 4.39 Å². The Morgan fingerprint density at radius 3 is 2.36 bits per heavy atom. The van der Waals surface area contributed by atoms with Crippen LogP contribution in [0.2, 0.25) is 5.02 Å². The highest BCUT2D eigenvalue weighted by Gasteiger charge is 2.26. The molecule has 2 aliphatic rings. The Hall–Kier alpha value is -2.97. The Bertz CT molecular complexity index is 1200. The molecule has 2 aliphatic heterocycles. The number of benzene rings is 1. The number of nitrogens with zero attached hydrogens (tertiary/aromatic N) is 7. The zero-order chi connectivity index (χ0) is 25.2. The number of hydrogen-bond donors (Lipinski definition) is 0. The maximum absolute atomic E-state index is 13.6. The second-order valence-electron chi connectivity index (χ2n) is 9.96. The molecule has 9 heteroatoms. The van der Waals surface area contributed by atoms with Crippen molar-refractivity contribution in [2.24, 2.45) is 0 Å². The van der Waals surface area contributed by atoms with Gasteiger partial charge in [0.05, 0.1) is 10.7 Å². The van der Waals surface area contributed by atoms with Crippen molar-refractivity contribution in [3.05, 3.63) is 59.0 Å². The Morgan fingerprint density at radius 2 is 1.72 bits per heavy atom. The van der Waals surface area contributed by atoms with Crippen LogP contribution in [0, 0.1) is 5.82 Å². The van der Waals surface area contributed by atoms with Gasteiger partial charge in [0.25, 0.3) is 0 Å². The molecular formula is C27H33ClFN7. The summed E-state index contributed by atoms with van der Waals surface area (Å²) in [5.41, 5.74) is 2.81. The minimum atomic E-state index is -0.250. The van der Waals surface area contributed by atoms with E-state index in [1.807, 2.05) is 32.4 Å². The summed E-state index contributed by atoms with van der Waals surface area (Å²) in [5, 5.41) is 0.689. The van der Waals surface area contributed by atoms with E-state index < -0.39 is 0 Å². The molecule has 2 saturated heterocycles. The van der Waals surface area contributed by atoms with Crippen LogP contribution in [0.25, 0.3) is 11.3 Å². The molecule has 0 N–H and O–H groups in total. The molecular weight excluding hydrogens is 477 g/mol. The average molecular weight is 510 g/mol.